The molecule has 0 spiro atoms. The van der Waals surface area contributed by atoms with Gasteiger partial charge in [-0.15, -0.1) is 0 Å². The van der Waals surface area contributed by atoms with Crippen LogP contribution in [0, 0.1) is 0 Å². The Kier molecular flexibility index (Phi) is 4.79. The van der Waals surface area contributed by atoms with Gasteiger partial charge in [-0.05, 0) is 36.4 Å². The molecule has 2 N–H and O–H groups in total. The maximum Gasteiger partial charge on any atom is 0.298 e. The van der Waals surface area contributed by atoms with E-state index in [0.717, 1.165) is 0 Å². The number of ether oxygens (including phenoxy) is 1. The minimum absolute atomic E-state index is 0.220. The highest BCUT2D eigenvalue weighted by atomic mass is 32.2. The Hall–Kier alpha value is -2.38. The quantitative estimate of drug-likeness (QED) is 0.795. The van der Waals surface area contributed by atoms with E-state index in [2.05, 4.69) is 9.44 Å². The zero-order valence-electron chi connectivity index (χ0n) is 12.2. The average Bonchev–Trinajstić information content (AvgIpc) is 2.54. The van der Waals surface area contributed by atoms with Gasteiger partial charge in [0.2, 0.25) is 0 Å². The van der Waals surface area contributed by atoms with Crippen molar-refractivity contribution in [2.75, 3.05) is 18.9 Å². The molecule has 0 heterocycles. The number of benzene rings is 2. The maximum absolute atomic E-state index is 12.5. The van der Waals surface area contributed by atoms with E-state index >= 15 is 0 Å². The summed E-state index contributed by atoms with van der Waals surface area (Å²) in [6.45, 7) is 0. The van der Waals surface area contributed by atoms with Gasteiger partial charge in [0.25, 0.3) is 10.2 Å². The van der Waals surface area contributed by atoms with Crippen LogP contribution in [0.3, 0.4) is 0 Å². The molecule has 2 aromatic carbocycles. The summed E-state index contributed by atoms with van der Waals surface area (Å²) in [5, 5.41) is 0. The largest absolute Gasteiger partial charge is 0.497 e. The Balaban J connectivity index is 2.37. The van der Waals surface area contributed by atoms with Crippen molar-refractivity contribution in [3.63, 3.8) is 0 Å². The Bertz CT molecular complexity index is 770. The van der Waals surface area contributed by atoms with Crippen LogP contribution in [0.4, 0.5) is 5.69 Å². The molecule has 2 rings (SSSR count). The third-order valence-electron chi connectivity index (χ3n) is 3.04. The maximum atomic E-state index is 12.5. The van der Waals surface area contributed by atoms with Gasteiger partial charge < -0.3 is 4.74 Å². The molecular formula is C15H16N2O4S. The molecule has 0 bridgehead atoms. The van der Waals surface area contributed by atoms with Crippen molar-refractivity contribution in [2.45, 2.75) is 0 Å². The second-order valence-corrected chi connectivity index (χ2v) is 6.03. The Labute approximate surface area is 129 Å². The fourth-order valence-electron chi connectivity index (χ4n) is 1.86. The number of anilines is 1. The van der Waals surface area contributed by atoms with Crippen molar-refractivity contribution < 1.29 is 17.9 Å². The van der Waals surface area contributed by atoms with Crippen LogP contribution in [-0.4, -0.2) is 28.4 Å². The molecule has 22 heavy (non-hydrogen) atoms. The first-order valence-electron chi connectivity index (χ1n) is 6.46. The van der Waals surface area contributed by atoms with Crippen LogP contribution in [0.25, 0.3) is 0 Å². The molecule has 0 saturated carbocycles. The number of hydrogen-bond donors (Lipinski definition) is 2. The van der Waals surface area contributed by atoms with Crippen LogP contribution < -0.4 is 14.2 Å². The van der Waals surface area contributed by atoms with Gasteiger partial charge in [-0.1, -0.05) is 12.1 Å². The summed E-state index contributed by atoms with van der Waals surface area (Å²) in [5.74, 6) is 0.359. The summed E-state index contributed by atoms with van der Waals surface area (Å²) in [5.41, 5.74) is 0.932. The number of carbonyl (C=O) groups is 1. The van der Waals surface area contributed by atoms with E-state index in [1.807, 2.05) is 0 Å². The van der Waals surface area contributed by atoms with Gasteiger partial charge >= 0.3 is 0 Å². The standard InChI is InChI=1S/C15H16N2O4S/c1-16-22(19,20)17-14-6-4-3-5-13(14)15(18)11-7-9-12(21-2)10-8-11/h3-10,16-17H,1-2H3. The van der Waals surface area contributed by atoms with Crippen molar-refractivity contribution in [1.82, 2.24) is 4.72 Å². The third kappa shape index (κ3) is 3.63. The fraction of sp³-hybridized carbons (Fsp3) is 0.133. The van der Waals surface area contributed by atoms with Gasteiger partial charge in [0.15, 0.2) is 5.78 Å². The molecule has 6 nitrogen and oxygen atoms in total. The summed E-state index contributed by atoms with van der Waals surface area (Å²) >= 11 is 0. The first kappa shape index (κ1) is 16.0. The summed E-state index contributed by atoms with van der Waals surface area (Å²) in [4.78, 5) is 12.5. The molecule has 0 amide bonds. The third-order valence-corrected chi connectivity index (χ3v) is 4.06. The molecular weight excluding hydrogens is 304 g/mol. The minimum Gasteiger partial charge on any atom is -0.497 e. The smallest absolute Gasteiger partial charge is 0.298 e. The average molecular weight is 320 g/mol. The normalized spacial score (nSPS) is 11.0. The van der Waals surface area contributed by atoms with Gasteiger partial charge in [-0.2, -0.15) is 8.42 Å². The lowest BCUT2D eigenvalue weighted by molar-refractivity contribution is 0.103. The number of rotatable bonds is 6. The van der Waals surface area contributed by atoms with E-state index in [4.69, 9.17) is 4.74 Å². The lowest BCUT2D eigenvalue weighted by Crippen LogP contribution is -2.27. The first-order valence-corrected chi connectivity index (χ1v) is 7.94. The van der Waals surface area contributed by atoms with E-state index in [1.54, 1.807) is 49.6 Å². The molecule has 0 aliphatic carbocycles. The van der Waals surface area contributed by atoms with Gasteiger partial charge in [0.1, 0.15) is 5.75 Å². The van der Waals surface area contributed by atoms with Crippen LogP contribution in [0.15, 0.2) is 48.5 Å². The Morgan fingerprint density at radius 3 is 2.27 bits per heavy atom. The minimum atomic E-state index is -3.69. The van der Waals surface area contributed by atoms with Crippen molar-refractivity contribution in [1.29, 1.82) is 0 Å². The first-order chi connectivity index (χ1) is 10.5. The van der Waals surface area contributed by atoms with E-state index in [9.17, 15) is 13.2 Å². The summed E-state index contributed by atoms with van der Waals surface area (Å²) in [6.07, 6.45) is 0. The van der Waals surface area contributed by atoms with E-state index in [1.165, 1.54) is 13.1 Å². The molecule has 0 fully saturated rings. The van der Waals surface area contributed by atoms with E-state index < -0.39 is 10.2 Å². The fourth-order valence-corrected chi connectivity index (χ4v) is 2.43. The van der Waals surface area contributed by atoms with E-state index in [-0.39, 0.29) is 17.0 Å². The topological polar surface area (TPSA) is 84.5 Å². The highest BCUT2D eigenvalue weighted by Crippen LogP contribution is 2.21. The van der Waals surface area contributed by atoms with Gasteiger partial charge in [-0.25, -0.2) is 4.72 Å². The van der Waals surface area contributed by atoms with Crippen molar-refractivity contribution >= 4 is 21.7 Å². The SMILES string of the molecule is CNS(=O)(=O)Nc1ccccc1C(=O)c1ccc(OC)cc1. The number of ketones is 1. The summed E-state index contributed by atoms with van der Waals surface area (Å²) in [7, 11) is -0.865. The second-order valence-electron chi connectivity index (χ2n) is 4.41. The highest BCUT2D eigenvalue weighted by molar-refractivity contribution is 7.90. The van der Waals surface area contributed by atoms with Gasteiger partial charge in [0.05, 0.1) is 12.8 Å². The van der Waals surface area contributed by atoms with Crippen LogP contribution in [0.1, 0.15) is 15.9 Å². The van der Waals surface area contributed by atoms with Crippen LogP contribution in [-0.2, 0) is 10.2 Å². The molecule has 0 atom stereocenters. The van der Waals surface area contributed by atoms with Crippen molar-refractivity contribution in [2.24, 2.45) is 0 Å². The molecule has 0 radical (unpaired) electrons. The van der Waals surface area contributed by atoms with E-state index in [0.29, 0.717) is 11.3 Å². The van der Waals surface area contributed by atoms with Crippen LogP contribution in [0.2, 0.25) is 0 Å². The summed E-state index contributed by atoms with van der Waals surface area (Å²) in [6, 6.07) is 13.0. The molecule has 7 heteroatoms. The van der Waals surface area contributed by atoms with Crippen molar-refractivity contribution in [3.8, 4) is 5.75 Å². The number of carbonyl (C=O) groups excluding carboxylic acids is 1. The molecule has 116 valence electrons. The Morgan fingerprint density at radius 2 is 1.68 bits per heavy atom. The van der Waals surface area contributed by atoms with Gasteiger partial charge in [0, 0.05) is 18.2 Å². The Morgan fingerprint density at radius 1 is 1.05 bits per heavy atom. The molecule has 0 unspecified atom stereocenters. The van der Waals surface area contributed by atoms with Crippen LogP contribution in [0.5, 0.6) is 5.75 Å². The second kappa shape index (κ2) is 6.59. The summed E-state index contributed by atoms with van der Waals surface area (Å²) < 4.78 is 32.7. The molecule has 0 saturated heterocycles. The van der Waals surface area contributed by atoms with Crippen LogP contribution >= 0.6 is 0 Å². The predicted molar refractivity (Wildman–Crippen MR) is 84.5 cm³/mol. The monoisotopic (exact) mass is 320 g/mol. The number of nitrogens with one attached hydrogen (secondary N) is 2. The lowest BCUT2D eigenvalue weighted by atomic mass is 10.0. The molecule has 0 aromatic heterocycles. The highest BCUT2D eigenvalue weighted by Gasteiger charge is 2.16. The molecule has 2 aromatic rings. The van der Waals surface area contributed by atoms with Crippen molar-refractivity contribution in [3.05, 3.63) is 59.7 Å². The number of para-hydroxylation sites is 1. The lowest BCUT2D eigenvalue weighted by Gasteiger charge is -2.11. The zero-order chi connectivity index (χ0) is 16.2. The predicted octanol–water partition coefficient (Wildman–Crippen LogP) is 1.80. The number of methoxy groups -OCH3 is 1. The van der Waals surface area contributed by atoms with Gasteiger partial charge in [-0.3, -0.25) is 9.52 Å². The number of hydrogen-bond acceptors (Lipinski definition) is 4. The zero-order valence-corrected chi connectivity index (χ0v) is 13.0. The molecule has 0 aliphatic heterocycles. The molecule has 0 aliphatic rings.